The highest BCUT2D eigenvalue weighted by atomic mass is 32.1. The van der Waals surface area contributed by atoms with Crippen LogP contribution in [0.15, 0.2) is 60.7 Å². The van der Waals surface area contributed by atoms with Crippen molar-refractivity contribution in [3.8, 4) is 0 Å². The van der Waals surface area contributed by atoms with E-state index in [1.807, 2.05) is 48.5 Å². The molecule has 1 atom stereocenters. The molecule has 2 N–H and O–H groups in total. The average molecular weight is 444 g/mol. The first-order valence-corrected chi connectivity index (χ1v) is 11.9. The van der Waals surface area contributed by atoms with Crippen LogP contribution in [0.3, 0.4) is 0 Å². The van der Waals surface area contributed by atoms with E-state index in [2.05, 4.69) is 17.4 Å². The topological polar surface area (TPSA) is 75.1 Å². The zero-order valence-corrected chi connectivity index (χ0v) is 18.6. The Hall–Kier alpha value is -3.25. The first-order chi connectivity index (χ1) is 15.7. The number of aromatic nitrogens is 2. The fraction of sp³-hybridized carbons (Fsp3) is 0.269. The Balaban J connectivity index is 1.55. The second-order valence-corrected chi connectivity index (χ2v) is 9.35. The normalized spacial score (nSPS) is 14.1. The number of hydrogen-bond acceptors (Lipinski definition) is 5. The minimum atomic E-state index is -0.880. The van der Waals surface area contributed by atoms with Crippen molar-refractivity contribution in [1.82, 2.24) is 9.97 Å². The standard InChI is InChI=1S/C26H25N3O2S/c30-26(31)20(15-17-9-3-1-4-10-17)27-24-23-19-13-7-8-14-21(19)32-25(23)29-22(28-24)16-18-11-5-2-6-12-18/h1-6,9-12,20H,7-8,13-16H2,(H,30,31)(H,27,28,29). The number of carbonyl (C=O) groups is 1. The van der Waals surface area contributed by atoms with E-state index in [0.717, 1.165) is 40.6 Å². The van der Waals surface area contributed by atoms with Gasteiger partial charge in [-0.3, -0.25) is 0 Å². The molecule has 1 unspecified atom stereocenters. The van der Waals surface area contributed by atoms with E-state index in [9.17, 15) is 9.90 Å². The van der Waals surface area contributed by atoms with Crippen LogP contribution in [0.1, 0.15) is 40.2 Å². The summed E-state index contributed by atoms with van der Waals surface area (Å²) in [6.07, 6.45) is 5.42. The molecule has 6 heteroatoms. The van der Waals surface area contributed by atoms with E-state index >= 15 is 0 Å². The van der Waals surface area contributed by atoms with E-state index in [-0.39, 0.29) is 0 Å². The zero-order chi connectivity index (χ0) is 21.9. The summed E-state index contributed by atoms with van der Waals surface area (Å²) in [5, 5.41) is 14.3. The molecule has 4 aromatic rings. The summed E-state index contributed by atoms with van der Waals surface area (Å²) in [5.41, 5.74) is 3.42. The number of carboxylic acid groups (broad SMARTS) is 1. The van der Waals surface area contributed by atoms with Gasteiger partial charge in [0.15, 0.2) is 0 Å². The van der Waals surface area contributed by atoms with Crippen LogP contribution >= 0.6 is 11.3 Å². The van der Waals surface area contributed by atoms with Crippen LogP contribution in [0.5, 0.6) is 0 Å². The highest BCUT2D eigenvalue weighted by Gasteiger charge is 2.25. The monoisotopic (exact) mass is 443 g/mol. The van der Waals surface area contributed by atoms with Crippen LogP contribution in [0.25, 0.3) is 10.2 Å². The van der Waals surface area contributed by atoms with Crippen molar-refractivity contribution in [3.05, 3.63) is 88.1 Å². The van der Waals surface area contributed by atoms with E-state index < -0.39 is 12.0 Å². The molecule has 0 saturated carbocycles. The molecule has 0 bridgehead atoms. The molecule has 0 spiro atoms. The third kappa shape index (κ3) is 4.36. The first kappa shape index (κ1) is 20.6. The zero-order valence-electron chi connectivity index (χ0n) is 17.8. The largest absolute Gasteiger partial charge is 0.480 e. The van der Waals surface area contributed by atoms with Gasteiger partial charge in [-0.05, 0) is 42.4 Å². The van der Waals surface area contributed by atoms with Crippen molar-refractivity contribution in [2.75, 3.05) is 5.32 Å². The van der Waals surface area contributed by atoms with Gasteiger partial charge in [0, 0.05) is 17.7 Å². The lowest BCUT2D eigenvalue weighted by atomic mass is 9.96. The maximum Gasteiger partial charge on any atom is 0.326 e. The number of benzene rings is 2. The summed E-state index contributed by atoms with van der Waals surface area (Å²) in [7, 11) is 0. The lowest BCUT2D eigenvalue weighted by Gasteiger charge is -2.18. The third-order valence-electron chi connectivity index (χ3n) is 5.96. The summed E-state index contributed by atoms with van der Waals surface area (Å²) >= 11 is 1.74. The van der Waals surface area contributed by atoms with Gasteiger partial charge >= 0.3 is 5.97 Å². The van der Waals surface area contributed by atoms with Crippen LogP contribution in [0, 0.1) is 0 Å². The molecule has 1 aliphatic rings. The van der Waals surface area contributed by atoms with Crippen LogP contribution in [0.2, 0.25) is 0 Å². The molecule has 0 saturated heterocycles. The molecule has 162 valence electrons. The fourth-order valence-electron chi connectivity index (χ4n) is 4.38. The Morgan fingerprint density at radius 3 is 2.38 bits per heavy atom. The highest BCUT2D eigenvalue weighted by Crippen LogP contribution is 2.39. The van der Waals surface area contributed by atoms with E-state index in [1.165, 1.54) is 16.9 Å². The Kier molecular flexibility index (Phi) is 5.86. The summed E-state index contributed by atoms with van der Waals surface area (Å²) in [4.78, 5) is 24.2. The maximum absolute atomic E-state index is 12.1. The van der Waals surface area contributed by atoms with Crippen LogP contribution in [-0.4, -0.2) is 27.1 Å². The molecule has 2 heterocycles. The van der Waals surface area contributed by atoms with Gasteiger partial charge < -0.3 is 10.4 Å². The van der Waals surface area contributed by atoms with E-state index in [0.29, 0.717) is 24.5 Å². The number of carboxylic acids is 1. The number of rotatable bonds is 7. The summed E-state index contributed by atoms with van der Waals surface area (Å²) in [5.74, 6) is 0.492. The molecular formula is C26H25N3O2S. The third-order valence-corrected chi connectivity index (χ3v) is 7.14. The first-order valence-electron chi connectivity index (χ1n) is 11.1. The number of aryl methyl sites for hydroxylation is 2. The van der Waals surface area contributed by atoms with Gasteiger partial charge in [0.2, 0.25) is 0 Å². The fourth-order valence-corrected chi connectivity index (χ4v) is 5.66. The number of aliphatic carboxylic acids is 1. The van der Waals surface area contributed by atoms with Crippen molar-refractivity contribution in [3.63, 3.8) is 0 Å². The molecule has 0 radical (unpaired) electrons. The lowest BCUT2D eigenvalue weighted by molar-refractivity contribution is -0.137. The highest BCUT2D eigenvalue weighted by molar-refractivity contribution is 7.19. The average Bonchev–Trinajstić information content (AvgIpc) is 3.18. The number of anilines is 1. The lowest BCUT2D eigenvalue weighted by Crippen LogP contribution is -2.32. The number of thiophene rings is 1. The number of fused-ring (bicyclic) bond motifs is 3. The molecule has 0 fully saturated rings. The number of nitrogens with one attached hydrogen (secondary N) is 1. The molecule has 0 amide bonds. The van der Waals surface area contributed by atoms with Gasteiger partial charge in [-0.2, -0.15) is 0 Å². The van der Waals surface area contributed by atoms with Crippen LogP contribution in [0.4, 0.5) is 5.82 Å². The second kappa shape index (κ2) is 9.09. The predicted molar refractivity (Wildman–Crippen MR) is 128 cm³/mol. The van der Waals surface area contributed by atoms with Gasteiger partial charge in [-0.25, -0.2) is 14.8 Å². The SMILES string of the molecule is O=C(O)C(Cc1ccccc1)Nc1nc(Cc2ccccc2)nc2sc3c(c12)CCCC3. The number of hydrogen-bond donors (Lipinski definition) is 2. The van der Waals surface area contributed by atoms with Gasteiger partial charge in [-0.15, -0.1) is 11.3 Å². The molecule has 2 aromatic heterocycles. The minimum absolute atomic E-state index is 0.391. The maximum atomic E-state index is 12.1. The van der Waals surface area contributed by atoms with Gasteiger partial charge in [0.05, 0.1) is 5.39 Å². The van der Waals surface area contributed by atoms with Crippen molar-refractivity contribution < 1.29 is 9.90 Å². The van der Waals surface area contributed by atoms with E-state index in [1.54, 1.807) is 11.3 Å². The van der Waals surface area contributed by atoms with Gasteiger partial charge in [0.25, 0.3) is 0 Å². The Labute approximate surface area is 191 Å². The molecule has 1 aliphatic carbocycles. The Morgan fingerprint density at radius 1 is 0.969 bits per heavy atom. The molecule has 32 heavy (non-hydrogen) atoms. The predicted octanol–water partition coefficient (Wildman–Crippen LogP) is 5.27. The van der Waals surface area contributed by atoms with Crippen molar-refractivity contribution >= 4 is 33.3 Å². The quantitative estimate of drug-likeness (QED) is 0.407. The van der Waals surface area contributed by atoms with Crippen molar-refractivity contribution in [2.24, 2.45) is 0 Å². The van der Waals surface area contributed by atoms with Gasteiger partial charge in [-0.1, -0.05) is 60.7 Å². The van der Waals surface area contributed by atoms with E-state index in [4.69, 9.17) is 9.97 Å². The minimum Gasteiger partial charge on any atom is -0.480 e. The molecule has 5 rings (SSSR count). The Bertz CT molecular complexity index is 1240. The number of nitrogens with zero attached hydrogens (tertiary/aromatic N) is 2. The molecule has 2 aromatic carbocycles. The van der Waals surface area contributed by atoms with Crippen molar-refractivity contribution in [2.45, 2.75) is 44.6 Å². The molecule has 0 aliphatic heterocycles. The summed E-state index contributed by atoms with van der Waals surface area (Å²) in [6, 6.07) is 19.1. The summed E-state index contributed by atoms with van der Waals surface area (Å²) in [6.45, 7) is 0. The Morgan fingerprint density at radius 2 is 1.66 bits per heavy atom. The van der Waals surface area contributed by atoms with Crippen LogP contribution in [-0.2, 0) is 30.5 Å². The summed E-state index contributed by atoms with van der Waals surface area (Å²) < 4.78 is 0. The second-order valence-electron chi connectivity index (χ2n) is 8.27. The molecular weight excluding hydrogens is 418 g/mol. The van der Waals surface area contributed by atoms with Crippen LogP contribution < -0.4 is 5.32 Å². The van der Waals surface area contributed by atoms with Crippen molar-refractivity contribution in [1.29, 1.82) is 0 Å². The van der Waals surface area contributed by atoms with Gasteiger partial charge in [0.1, 0.15) is 22.5 Å². The molecule has 5 nitrogen and oxygen atoms in total. The smallest absolute Gasteiger partial charge is 0.326 e.